The molecule has 2 aromatic carbocycles. The highest BCUT2D eigenvalue weighted by Gasteiger charge is 2.18. The molecular weight excluding hydrogens is 260 g/mol. The maximum Gasteiger partial charge on any atom is 0.206 e. The van der Waals surface area contributed by atoms with Gasteiger partial charge >= 0.3 is 0 Å². The molecule has 0 aliphatic heterocycles. The van der Waals surface area contributed by atoms with Crippen LogP contribution in [0.2, 0.25) is 0 Å². The van der Waals surface area contributed by atoms with E-state index in [4.69, 9.17) is 11.5 Å². The third-order valence-corrected chi connectivity index (χ3v) is 4.87. The molecule has 0 spiro atoms. The minimum absolute atomic E-state index is 0.179. The Bertz CT molecular complexity index is 680. The van der Waals surface area contributed by atoms with Crippen molar-refractivity contribution >= 4 is 21.2 Å². The summed E-state index contributed by atoms with van der Waals surface area (Å²) in [6.07, 6.45) is 0. The molecule has 4 nitrogen and oxygen atoms in total. The van der Waals surface area contributed by atoms with E-state index in [1.165, 1.54) is 12.1 Å². The van der Waals surface area contributed by atoms with Crippen molar-refractivity contribution in [2.45, 2.75) is 23.6 Å². The summed E-state index contributed by atoms with van der Waals surface area (Å²) in [5.74, 6) is 0. The van der Waals surface area contributed by atoms with Gasteiger partial charge in [-0.25, -0.2) is 8.42 Å². The van der Waals surface area contributed by atoms with Crippen LogP contribution in [0.1, 0.15) is 11.1 Å². The second kappa shape index (κ2) is 4.59. The van der Waals surface area contributed by atoms with Crippen molar-refractivity contribution in [1.29, 1.82) is 0 Å². The highest BCUT2D eigenvalue weighted by molar-refractivity contribution is 7.91. The maximum atomic E-state index is 12.4. The van der Waals surface area contributed by atoms with Crippen LogP contribution in [0.3, 0.4) is 0 Å². The molecule has 0 saturated heterocycles. The Balaban J connectivity index is 2.58. The molecule has 0 aliphatic carbocycles. The summed E-state index contributed by atoms with van der Waals surface area (Å²) < 4.78 is 24.9. The molecule has 0 fully saturated rings. The van der Waals surface area contributed by atoms with Crippen LogP contribution in [0.25, 0.3) is 0 Å². The normalized spacial score (nSPS) is 11.5. The van der Waals surface area contributed by atoms with E-state index in [-0.39, 0.29) is 9.79 Å². The summed E-state index contributed by atoms with van der Waals surface area (Å²) in [5.41, 5.74) is 14.1. The molecule has 2 rings (SSSR count). The summed E-state index contributed by atoms with van der Waals surface area (Å²) in [6.45, 7) is 3.66. The van der Waals surface area contributed by atoms with Gasteiger partial charge in [-0.3, -0.25) is 0 Å². The van der Waals surface area contributed by atoms with Crippen LogP contribution in [-0.2, 0) is 9.84 Å². The number of sulfone groups is 1. The van der Waals surface area contributed by atoms with E-state index >= 15 is 0 Å². The monoisotopic (exact) mass is 276 g/mol. The first-order valence-electron chi connectivity index (χ1n) is 5.79. The number of hydrogen-bond acceptors (Lipinski definition) is 4. The smallest absolute Gasteiger partial charge is 0.206 e. The fraction of sp³-hybridized carbons (Fsp3) is 0.143. The van der Waals surface area contributed by atoms with Gasteiger partial charge in [0.2, 0.25) is 9.84 Å². The largest absolute Gasteiger partial charge is 0.398 e. The summed E-state index contributed by atoms with van der Waals surface area (Å²) in [6, 6.07) is 9.44. The van der Waals surface area contributed by atoms with Crippen LogP contribution in [0.15, 0.2) is 46.2 Å². The SMILES string of the molecule is Cc1ccc(S(=O)(=O)c2ccc(C)c(N)c2)cc1N. The van der Waals surface area contributed by atoms with Gasteiger partial charge < -0.3 is 11.5 Å². The third-order valence-electron chi connectivity index (χ3n) is 3.12. The van der Waals surface area contributed by atoms with Crippen molar-refractivity contribution in [2.75, 3.05) is 11.5 Å². The topological polar surface area (TPSA) is 86.2 Å². The van der Waals surface area contributed by atoms with Gasteiger partial charge in [0, 0.05) is 11.4 Å². The van der Waals surface area contributed by atoms with Crippen LogP contribution < -0.4 is 11.5 Å². The zero-order chi connectivity index (χ0) is 14.2. The van der Waals surface area contributed by atoms with Crippen LogP contribution in [0.5, 0.6) is 0 Å². The molecule has 0 heterocycles. The van der Waals surface area contributed by atoms with Crippen molar-refractivity contribution in [2.24, 2.45) is 0 Å². The first kappa shape index (κ1) is 13.4. The minimum atomic E-state index is -3.58. The van der Waals surface area contributed by atoms with Gasteiger partial charge in [-0.15, -0.1) is 0 Å². The lowest BCUT2D eigenvalue weighted by Gasteiger charge is -2.08. The van der Waals surface area contributed by atoms with E-state index in [0.29, 0.717) is 11.4 Å². The number of benzene rings is 2. The molecule has 4 N–H and O–H groups in total. The van der Waals surface area contributed by atoms with Crippen molar-refractivity contribution in [3.63, 3.8) is 0 Å². The Kier molecular flexibility index (Phi) is 3.24. The first-order chi connectivity index (χ1) is 8.82. The third kappa shape index (κ3) is 2.42. The van der Waals surface area contributed by atoms with E-state index < -0.39 is 9.84 Å². The van der Waals surface area contributed by atoms with Gasteiger partial charge in [0.1, 0.15) is 0 Å². The molecule has 0 saturated carbocycles. The molecule has 0 atom stereocenters. The number of aryl methyl sites for hydroxylation is 2. The molecule has 0 unspecified atom stereocenters. The Hall–Kier alpha value is -2.01. The zero-order valence-electron chi connectivity index (χ0n) is 10.8. The van der Waals surface area contributed by atoms with Crippen molar-refractivity contribution in [3.8, 4) is 0 Å². The van der Waals surface area contributed by atoms with Gasteiger partial charge in [-0.05, 0) is 49.2 Å². The van der Waals surface area contributed by atoms with Crippen LogP contribution in [-0.4, -0.2) is 8.42 Å². The van der Waals surface area contributed by atoms with Crippen molar-refractivity contribution < 1.29 is 8.42 Å². The highest BCUT2D eigenvalue weighted by atomic mass is 32.2. The lowest BCUT2D eigenvalue weighted by molar-refractivity contribution is 0.596. The molecule has 19 heavy (non-hydrogen) atoms. The average Bonchev–Trinajstić information content (AvgIpc) is 2.35. The van der Waals surface area contributed by atoms with E-state index in [1.807, 2.05) is 13.8 Å². The van der Waals surface area contributed by atoms with E-state index in [1.54, 1.807) is 24.3 Å². The standard InChI is InChI=1S/C14H16N2O2S/c1-9-3-5-11(7-13(9)15)19(17,18)12-6-4-10(2)14(16)8-12/h3-8H,15-16H2,1-2H3. The fourth-order valence-corrected chi connectivity index (χ4v) is 3.04. The zero-order valence-corrected chi connectivity index (χ0v) is 11.7. The Morgan fingerprint density at radius 2 is 1.16 bits per heavy atom. The summed E-state index contributed by atoms with van der Waals surface area (Å²) >= 11 is 0. The second-order valence-electron chi connectivity index (χ2n) is 4.54. The lowest BCUT2D eigenvalue weighted by atomic mass is 10.2. The van der Waals surface area contributed by atoms with Gasteiger partial charge in [0.25, 0.3) is 0 Å². The quantitative estimate of drug-likeness (QED) is 0.824. The van der Waals surface area contributed by atoms with E-state index in [0.717, 1.165) is 11.1 Å². The van der Waals surface area contributed by atoms with Gasteiger partial charge in [0.05, 0.1) is 9.79 Å². The second-order valence-corrected chi connectivity index (χ2v) is 6.49. The first-order valence-corrected chi connectivity index (χ1v) is 7.28. The van der Waals surface area contributed by atoms with Gasteiger partial charge in [-0.2, -0.15) is 0 Å². The molecule has 5 heteroatoms. The van der Waals surface area contributed by atoms with Crippen LogP contribution in [0.4, 0.5) is 11.4 Å². The Morgan fingerprint density at radius 1 is 0.789 bits per heavy atom. The molecule has 0 aliphatic rings. The molecule has 100 valence electrons. The number of hydrogen-bond donors (Lipinski definition) is 2. The summed E-state index contributed by atoms with van der Waals surface area (Å²) in [4.78, 5) is 0.359. The molecule has 2 aromatic rings. The van der Waals surface area contributed by atoms with Gasteiger partial charge in [0.15, 0.2) is 0 Å². The fourth-order valence-electron chi connectivity index (χ4n) is 1.71. The molecule has 0 amide bonds. The number of nitrogens with two attached hydrogens (primary N) is 2. The Morgan fingerprint density at radius 3 is 1.47 bits per heavy atom. The molecule has 0 aromatic heterocycles. The molecule has 0 radical (unpaired) electrons. The molecular formula is C14H16N2O2S. The van der Waals surface area contributed by atoms with Crippen LogP contribution >= 0.6 is 0 Å². The van der Waals surface area contributed by atoms with Crippen molar-refractivity contribution in [1.82, 2.24) is 0 Å². The summed E-state index contributed by atoms with van der Waals surface area (Å²) in [7, 11) is -3.58. The maximum absolute atomic E-state index is 12.4. The molecule has 0 bridgehead atoms. The average molecular weight is 276 g/mol. The van der Waals surface area contributed by atoms with Crippen LogP contribution in [0, 0.1) is 13.8 Å². The minimum Gasteiger partial charge on any atom is -0.398 e. The van der Waals surface area contributed by atoms with Gasteiger partial charge in [-0.1, -0.05) is 12.1 Å². The number of nitrogen functional groups attached to an aromatic ring is 2. The lowest BCUT2D eigenvalue weighted by Crippen LogP contribution is -2.04. The van der Waals surface area contributed by atoms with E-state index in [2.05, 4.69) is 0 Å². The Labute approximate surface area is 113 Å². The summed E-state index contributed by atoms with van der Waals surface area (Å²) in [5, 5.41) is 0. The number of rotatable bonds is 2. The van der Waals surface area contributed by atoms with E-state index in [9.17, 15) is 8.42 Å². The highest BCUT2D eigenvalue weighted by Crippen LogP contribution is 2.26. The van der Waals surface area contributed by atoms with Crippen molar-refractivity contribution in [3.05, 3.63) is 47.5 Å². The number of anilines is 2. The predicted octanol–water partition coefficient (Wildman–Crippen LogP) is 2.30. The predicted molar refractivity (Wildman–Crippen MR) is 76.6 cm³/mol.